The van der Waals surface area contributed by atoms with Crippen LogP contribution in [0, 0.1) is 11.8 Å². The first-order valence-corrected chi connectivity index (χ1v) is 5.72. The number of aliphatic carboxylic acids is 1. The second-order valence-corrected chi connectivity index (χ2v) is 4.75. The second-order valence-electron chi connectivity index (χ2n) is 4.75. The largest absolute Gasteiger partial charge is 0.481 e. The van der Waals surface area contributed by atoms with E-state index in [4.69, 9.17) is 5.11 Å². The fourth-order valence-electron chi connectivity index (χ4n) is 2.43. The summed E-state index contributed by atoms with van der Waals surface area (Å²) in [5.41, 5.74) is 0. The van der Waals surface area contributed by atoms with E-state index in [1.165, 1.54) is 19.3 Å². The smallest absolute Gasteiger partial charge is 0.306 e. The van der Waals surface area contributed by atoms with Crippen LogP contribution in [-0.2, 0) is 4.79 Å². The lowest BCUT2D eigenvalue weighted by Crippen LogP contribution is -2.37. The molecular weight excluding hydrogens is 178 g/mol. The van der Waals surface area contributed by atoms with Gasteiger partial charge in [0, 0.05) is 6.04 Å². The fourth-order valence-corrected chi connectivity index (χ4v) is 2.43. The van der Waals surface area contributed by atoms with Gasteiger partial charge >= 0.3 is 5.97 Å². The highest BCUT2D eigenvalue weighted by atomic mass is 16.4. The summed E-state index contributed by atoms with van der Waals surface area (Å²) in [6.07, 6.45) is 6.85. The summed E-state index contributed by atoms with van der Waals surface area (Å²) in [7, 11) is 0. The van der Waals surface area contributed by atoms with Gasteiger partial charge in [-0.25, -0.2) is 0 Å². The van der Waals surface area contributed by atoms with Gasteiger partial charge < -0.3 is 10.4 Å². The fraction of sp³-hybridized carbons (Fsp3) is 0.909. The minimum Gasteiger partial charge on any atom is -0.481 e. The number of carboxylic acids is 1. The van der Waals surface area contributed by atoms with Crippen molar-refractivity contribution in [2.24, 2.45) is 11.8 Å². The zero-order valence-electron chi connectivity index (χ0n) is 8.54. The Hall–Kier alpha value is -0.570. The Morgan fingerprint density at radius 3 is 2.57 bits per heavy atom. The Balaban J connectivity index is 1.65. The molecule has 2 rings (SSSR count). The average Bonchev–Trinajstić information content (AvgIpc) is 2.50. The van der Waals surface area contributed by atoms with Crippen molar-refractivity contribution in [1.82, 2.24) is 5.32 Å². The van der Waals surface area contributed by atoms with E-state index in [2.05, 4.69) is 5.32 Å². The first kappa shape index (κ1) is 9.97. The first-order chi connectivity index (χ1) is 6.75. The number of carbonyl (C=O) groups is 1. The van der Waals surface area contributed by atoms with Gasteiger partial charge in [0.05, 0.1) is 5.92 Å². The molecule has 0 heterocycles. The van der Waals surface area contributed by atoms with Crippen LogP contribution in [0.2, 0.25) is 0 Å². The molecule has 2 aliphatic rings. The van der Waals surface area contributed by atoms with Crippen molar-refractivity contribution >= 4 is 5.97 Å². The Kier molecular flexibility index (Phi) is 3.06. The van der Waals surface area contributed by atoms with Crippen LogP contribution in [0.4, 0.5) is 0 Å². The van der Waals surface area contributed by atoms with E-state index in [1.807, 2.05) is 0 Å². The van der Waals surface area contributed by atoms with E-state index in [-0.39, 0.29) is 5.92 Å². The highest BCUT2D eigenvalue weighted by Gasteiger charge is 2.30. The normalized spacial score (nSPS) is 32.9. The summed E-state index contributed by atoms with van der Waals surface area (Å²) in [6.45, 7) is 1.04. The van der Waals surface area contributed by atoms with Crippen LogP contribution in [-0.4, -0.2) is 23.7 Å². The van der Waals surface area contributed by atoms with Crippen LogP contribution in [0.1, 0.15) is 38.5 Å². The summed E-state index contributed by atoms with van der Waals surface area (Å²) in [5, 5.41) is 12.4. The van der Waals surface area contributed by atoms with Crippen molar-refractivity contribution < 1.29 is 9.90 Å². The van der Waals surface area contributed by atoms with Gasteiger partial charge in [0.25, 0.3) is 0 Å². The topological polar surface area (TPSA) is 49.3 Å². The van der Waals surface area contributed by atoms with Crippen LogP contribution in [0.5, 0.6) is 0 Å². The van der Waals surface area contributed by atoms with Crippen LogP contribution in [0.15, 0.2) is 0 Å². The standard InChI is InChI=1S/C11H19NO2/c13-11(14)9-5-4-8(6-9)7-12-10-2-1-3-10/h8-10,12H,1-7H2,(H,13,14). The van der Waals surface area contributed by atoms with Gasteiger partial charge in [-0.3, -0.25) is 4.79 Å². The van der Waals surface area contributed by atoms with Crippen LogP contribution >= 0.6 is 0 Å². The van der Waals surface area contributed by atoms with Gasteiger partial charge in [0.15, 0.2) is 0 Å². The maximum Gasteiger partial charge on any atom is 0.306 e. The molecule has 2 unspecified atom stereocenters. The number of nitrogens with one attached hydrogen (secondary N) is 1. The SMILES string of the molecule is O=C(O)C1CCC(CNC2CCC2)C1. The predicted octanol–water partition coefficient (Wildman–Crippen LogP) is 1.63. The van der Waals surface area contributed by atoms with Gasteiger partial charge in [-0.05, 0) is 44.6 Å². The molecule has 0 aromatic heterocycles. The molecule has 2 fully saturated rings. The molecule has 0 aromatic rings. The van der Waals surface area contributed by atoms with Gasteiger partial charge in [-0.1, -0.05) is 6.42 Å². The number of hydrogen-bond donors (Lipinski definition) is 2. The van der Waals surface area contributed by atoms with Gasteiger partial charge in [0.2, 0.25) is 0 Å². The zero-order chi connectivity index (χ0) is 9.97. The van der Waals surface area contributed by atoms with E-state index in [1.54, 1.807) is 0 Å². The third-order valence-electron chi connectivity index (χ3n) is 3.69. The molecule has 14 heavy (non-hydrogen) atoms. The highest BCUT2D eigenvalue weighted by molar-refractivity contribution is 5.70. The van der Waals surface area contributed by atoms with Crippen LogP contribution in [0.25, 0.3) is 0 Å². The van der Waals surface area contributed by atoms with E-state index < -0.39 is 5.97 Å². The molecule has 0 bridgehead atoms. The molecule has 3 heteroatoms. The maximum atomic E-state index is 10.7. The Bertz CT molecular complexity index is 213. The minimum absolute atomic E-state index is 0.0665. The lowest BCUT2D eigenvalue weighted by Gasteiger charge is -2.27. The van der Waals surface area contributed by atoms with Crippen molar-refractivity contribution in [2.45, 2.75) is 44.6 Å². The van der Waals surface area contributed by atoms with Crippen molar-refractivity contribution in [3.63, 3.8) is 0 Å². The highest BCUT2D eigenvalue weighted by Crippen LogP contribution is 2.31. The Morgan fingerprint density at radius 2 is 2.07 bits per heavy atom. The molecule has 0 radical (unpaired) electrons. The third kappa shape index (κ3) is 2.27. The summed E-state index contributed by atoms with van der Waals surface area (Å²) in [4.78, 5) is 10.7. The monoisotopic (exact) mass is 197 g/mol. The van der Waals surface area contributed by atoms with Crippen LogP contribution < -0.4 is 5.32 Å². The van der Waals surface area contributed by atoms with Gasteiger partial charge in [-0.2, -0.15) is 0 Å². The van der Waals surface area contributed by atoms with Crippen molar-refractivity contribution in [2.75, 3.05) is 6.54 Å². The van der Waals surface area contributed by atoms with E-state index >= 15 is 0 Å². The third-order valence-corrected chi connectivity index (χ3v) is 3.69. The molecule has 0 aliphatic heterocycles. The van der Waals surface area contributed by atoms with Crippen LogP contribution in [0.3, 0.4) is 0 Å². The van der Waals surface area contributed by atoms with E-state index in [9.17, 15) is 4.79 Å². The summed E-state index contributed by atoms with van der Waals surface area (Å²) in [6, 6.07) is 0.735. The van der Waals surface area contributed by atoms with Crippen molar-refractivity contribution in [3.05, 3.63) is 0 Å². The summed E-state index contributed by atoms with van der Waals surface area (Å²) < 4.78 is 0. The predicted molar refractivity (Wildman–Crippen MR) is 54.1 cm³/mol. The molecule has 2 aliphatic carbocycles. The second kappa shape index (κ2) is 4.30. The number of carboxylic acid groups (broad SMARTS) is 1. The van der Waals surface area contributed by atoms with E-state index in [0.29, 0.717) is 5.92 Å². The van der Waals surface area contributed by atoms with Gasteiger partial charge in [0.1, 0.15) is 0 Å². The number of hydrogen-bond acceptors (Lipinski definition) is 2. The summed E-state index contributed by atoms with van der Waals surface area (Å²) >= 11 is 0. The number of rotatable bonds is 4. The molecule has 0 aromatic carbocycles. The Labute approximate surface area is 84.9 Å². The molecular formula is C11H19NO2. The maximum absolute atomic E-state index is 10.7. The molecule has 0 amide bonds. The molecule has 0 saturated heterocycles. The Morgan fingerprint density at radius 1 is 1.29 bits per heavy atom. The molecule has 2 N–H and O–H groups in total. The zero-order valence-corrected chi connectivity index (χ0v) is 8.54. The lowest BCUT2D eigenvalue weighted by atomic mass is 9.92. The lowest BCUT2D eigenvalue weighted by molar-refractivity contribution is -0.141. The average molecular weight is 197 g/mol. The first-order valence-electron chi connectivity index (χ1n) is 5.72. The molecule has 2 atom stereocenters. The quantitative estimate of drug-likeness (QED) is 0.720. The molecule has 2 saturated carbocycles. The summed E-state index contributed by atoms with van der Waals surface area (Å²) in [5.74, 6) is -0.0592. The molecule has 0 spiro atoms. The van der Waals surface area contributed by atoms with Crippen molar-refractivity contribution in [3.8, 4) is 0 Å². The molecule has 80 valence electrons. The minimum atomic E-state index is -0.601. The van der Waals surface area contributed by atoms with E-state index in [0.717, 1.165) is 31.8 Å². The van der Waals surface area contributed by atoms with Gasteiger partial charge in [-0.15, -0.1) is 0 Å². The molecule has 3 nitrogen and oxygen atoms in total. The van der Waals surface area contributed by atoms with Crippen molar-refractivity contribution in [1.29, 1.82) is 0 Å².